The van der Waals surface area contributed by atoms with Crippen molar-refractivity contribution < 1.29 is 49.1 Å². The molecule has 1 aliphatic heterocycles. The molecule has 0 radical (unpaired) electrons. The smallest absolute Gasteiger partial charge is 0 e. The zero-order chi connectivity index (χ0) is 20.2. The maximum absolute atomic E-state index is 11.6. The molecule has 0 spiro atoms. The Morgan fingerprint density at radius 2 is 1.17 bits per heavy atom. The molecule has 0 atom stereocenters. The molecule has 0 saturated carbocycles. The molecular formula is C14H18N2O6SiW. The van der Waals surface area contributed by atoms with E-state index in [0.29, 0.717) is 0 Å². The number of rotatable bonds is 1. The minimum Gasteiger partial charge on any atom is 0 e. The number of hydrogen-bond acceptors (Lipinski definition) is 1. The molecule has 0 saturated heterocycles. The van der Waals surface area contributed by atoms with Gasteiger partial charge in [-0.1, -0.05) is 19.6 Å². The maximum atomic E-state index is 11.6. The molecule has 0 fully saturated rings. The molecule has 0 N–H and O–H groups in total. The second-order valence-electron chi connectivity index (χ2n) is 4.56. The molecule has 0 unspecified atom stereocenters. The van der Waals surface area contributed by atoms with Crippen molar-refractivity contribution in [2.45, 2.75) is 19.6 Å². The Morgan fingerprint density at radius 1 is 0.875 bits per heavy atom. The van der Waals surface area contributed by atoms with Crippen molar-refractivity contribution in [1.29, 1.82) is 0 Å². The van der Waals surface area contributed by atoms with Gasteiger partial charge < -0.3 is 9.80 Å². The van der Waals surface area contributed by atoms with Crippen LogP contribution in [0.4, 0.5) is 4.79 Å². The van der Waals surface area contributed by atoms with Crippen LogP contribution in [0.3, 0.4) is 0 Å². The Balaban J connectivity index is -0.0000000634. The molecule has 1 rings (SSSR count). The third-order valence-corrected chi connectivity index (χ3v) is 4.38. The topological polar surface area (TPSA) is 123 Å². The van der Waals surface area contributed by atoms with E-state index in [-0.39, 0.29) is 27.1 Å². The van der Waals surface area contributed by atoms with Crippen molar-refractivity contribution in [3.05, 3.63) is 44.6 Å². The zero-order valence-corrected chi connectivity index (χ0v) is 18.0. The first-order valence-electron chi connectivity index (χ1n) is 5.55. The maximum Gasteiger partial charge on any atom is 0 e. The summed E-state index contributed by atoms with van der Waals surface area (Å²) in [6.07, 6.45) is 2.17. The predicted molar refractivity (Wildman–Crippen MR) is 76.9 cm³/mol. The van der Waals surface area contributed by atoms with Crippen LogP contribution >= 0.6 is 0 Å². The van der Waals surface area contributed by atoms with E-state index < -0.39 is 8.07 Å². The van der Waals surface area contributed by atoms with Gasteiger partial charge in [0.15, 0.2) is 0 Å². The number of amides is 2. The molecule has 0 aromatic carbocycles. The molecule has 2 amide bonds. The van der Waals surface area contributed by atoms with Crippen molar-refractivity contribution in [2.75, 3.05) is 20.6 Å². The number of likely N-dealkylation sites (N-methyl/N-ethyl adjacent to an activating group) is 1. The second kappa shape index (κ2) is 26.5. The van der Waals surface area contributed by atoms with Gasteiger partial charge in [-0.2, -0.15) is 0 Å². The first-order valence-corrected chi connectivity index (χ1v) is 9.05. The van der Waals surface area contributed by atoms with Gasteiger partial charge in [-0.15, -0.1) is 0 Å². The summed E-state index contributed by atoms with van der Waals surface area (Å²) < 4.78 is 37.5. The summed E-state index contributed by atoms with van der Waals surface area (Å²) in [5.41, 5.74) is 0. The molecule has 0 aromatic rings. The van der Waals surface area contributed by atoms with E-state index in [1.807, 2.05) is 14.1 Å². The Bertz CT molecular complexity index is 414. The fourth-order valence-corrected chi connectivity index (χ4v) is 3.41. The Morgan fingerprint density at radius 3 is 1.42 bits per heavy atom. The van der Waals surface area contributed by atoms with Crippen molar-refractivity contribution in [2.24, 2.45) is 0 Å². The van der Waals surface area contributed by atoms with E-state index >= 15 is 0 Å². The fourth-order valence-electron chi connectivity index (χ4n) is 1.61. The van der Waals surface area contributed by atoms with Crippen LogP contribution in [0.2, 0.25) is 19.6 Å². The molecule has 0 bridgehead atoms. The van der Waals surface area contributed by atoms with Crippen molar-refractivity contribution in [3.63, 3.8) is 0 Å². The number of carbonyl (C=O) groups excluding carboxylic acids is 1. The van der Waals surface area contributed by atoms with E-state index in [1.54, 1.807) is 9.80 Å². The Hall–Kier alpha value is -1.38. The first kappa shape index (κ1) is 38.3. The average molecular weight is 522 g/mol. The number of hydrogen-bond donors (Lipinski definition) is 0. The second-order valence-corrected chi connectivity index (χ2v) is 9.57. The number of nitrogens with zero attached hydrogens (tertiary/aromatic N) is 2. The number of urea groups is 1. The van der Waals surface area contributed by atoms with Crippen LogP contribution < -0.4 is 0 Å². The van der Waals surface area contributed by atoms with Crippen molar-refractivity contribution in [3.8, 4) is 0 Å². The van der Waals surface area contributed by atoms with Crippen molar-refractivity contribution >= 4 is 14.1 Å². The quantitative estimate of drug-likeness (QED) is 0.290. The normalized spacial score (nSPS) is 10.8. The van der Waals surface area contributed by atoms with E-state index in [0.717, 1.165) is 6.54 Å². The molecule has 0 aliphatic carbocycles. The van der Waals surface area contributed by atoms with Crippen molar-refractivity contribution in [1.82, 2.24) is 9.80 Å². The van der Waals surface area contributed by atoms with E-state index in [4.69, 9.17) is 23.3 Å². The third kappa shape index (κ3) is 17.0. The van der Waals surface area contributed by atoms with Gasteiger partial charge in [0, 0.05) is 47.0 Å². The van der Waals surface area contributed by atoms with Crippen LogP contribution in [0.1, 0.15) is 0 Å². The van der Waals surface area contributed by atoms with Gasteiger partial charge in [0.1, 0.15) is 0 Å². The third-order valence-electron chi connectivity index (χ3n) is 2.30. The predicted octanol–water partition coefficient (Wildman–Crippen LogP) is 1.55. The summed E-state index contributed by atoms with van der Waals surface area (Å²) in [6, 6.07) is 0.111. The minimum atomic E-state index is -1.35. The van der Waals surface area contributed by atoms with Crippen LogP contribution in [-0.2, 0) is 44.3 Å². The molecule has 8 nitrogen and oxygen atoms in total. The molecule has 1 heterocycles. The molecule has 0 aromatic heterocycles. The van der Waals surface area contributed by atoms with E-state index in [1.165, 1.54) is 5.32 Å². The minimum absolute atomic E-state index is 0. The SMILES string of the molecule is CN1CC=C([Si](C)(C)C)N(C)C1=O.[C-]#[O+].[C-]#[O+].[C-]#[O+].[C-]#[O+].[C-]#[O+].[W]. The van der Waals surface area contributed by atoms with Crippen LogP contribution in [0.25, 0.3) is 0 Å². The summed E-state index contributed by atoms with van der Waals surface area (Å²) in [4.78, 5) is 15.1. The first-order chi connectivity index (χ1) is 10.8. The Kier molecular flexibility index (Phi) is 42.3. The summed E-state index contributed by atoms with van der Waals surface area (Å²) >= 11 is 0. The molecule has 130 valence electrons. The molecule has 10 heteroatoms. The fraction of sp³-hybridized carbons (Fsp3) is 0.429. The summed E-state index contributed by atoms with van der Waals surface area (Å²) in [5, 5.41) is 1.25. The van der Waals surface area contributed by atoms with E-state index in [9.17, 15) is 4.79 Å². The zero-order valence-electron chi connectivity index (χ0n) is 14.0. The standard InChI is InChI=1S/C9H18N2OSi.5CO.W/c1-10-7-6-8(13(3,4)5)11(2)9(10)12;5*1-2;/h6H,7H2,1-5H3;;;;;;. The summed E-state index contributed by atoms with van der Waals surface area (Å²) in [6.45, 7) is 30.0. The average Bonchev–Trinajstić information content (AvgIpc) is 2.60. The van der Waals surface area contributed by atoms with Crippen LogP contribution in [0, 0.1) is 33.3 Å². The van der Waals surface area contributed by atoms with Gasteiger partial charge in [0.05, 0.1) is 8.07 Å². The van der Waals surface area contributed by atoms with Gasteiger partial charge >= 0.3 is 62.5 Å². The molecular weight excluding hydrogens is 504 g/mol. The van der Waals surface area contributed by atoms with Crippen LogP contribution in [0.5, 0.6) is 0 Å². The van der Waals surface area contributed by atoms with Crippen LogP contribution in [-0.4, -0.2) is 44.5 Å². The van der Waals surface area contributed by atoms with Gasteiger partial charge in [-0.05, 0) is 6.08 Å². The summed E-state index contributed by atoms with van der Waals surface area (Å²) in [5.74, 6) is 0. The van der Waals surface area contributed by atoms with Gasteiger partial charge in [0.2, 0.25) is 0 Å². The molecule has 1 aliphatic rings. The van der Waals surface area contributed by atoms with Gasteiger partial charge in [-0.3, -0.25) is 0 Å². The largest absolute Gasteiger partial charge is 0 e. The van der Waals surface area contributed by atoms with E-state index in [2.05, 4.69) is 59.0 Å². The van der Waals surface area contributed by atoms with Gasteiger partial charge in [0.25, 0.3) is 0 Å². The van der Waals surface area contributed by atoms with Gasteiger partial charge in [-0.25, -0.2) is 4.79 Å². The summed E-state index contributed by atoms with van der Waals surface area (Å²) in [7, 11) is 2.34. The van der Waals surface area contributed by atoms with Crippen LogP contribution in [0.15, 0.2) is 11.4 Å². The molecule has 24 heavy (non-hydrogen) atoms. The monoisotopic (exact) mass is 522 g/mol. The number of carbonyl (C=O) groups is 1. The Labute approximate surface area is 158 Å².